The molecule has 0 fully saturated rings. The van der Waals surface area contributed by atoms with Gasteiger partial charge in [0, 0.05) is 43.4 Å². The number of hydrogen-bond donors (Lipinski definition) is 0. The zero-order valence-corrected chi connectivity index (χ0v) is 20.9. The minimum absolute atomic E-state index is 0.148. The zero-order chi connectivity index (χ0) is 22.2. The predicted octanol–water partition coefficient (Wildman–Crippen LogP) is 5.00. The fourth-order valence-corrected chi connectivity index (χ4v) is 7.63. The second kappa shape index (κ2) is 9.42. The zero-order valence-electron chi connectivity index (χ0n) is 17.7. The first-order valence-corrected chi connectivity index (χ1v) is 14.0. The van der Waals surface area contributed by atoms with Crippen molar-refractivity contribution in [3.05, 3.63) is 35.4 Å². The Bertz CT molecular complexity index is 896. The second-order valence-corrected chi connectivity index (χ2v) is 12.0. The van der Waals surface area contributed by atoms with Gasteiger partial charge < -0.3 is 14.4 Å². The molecule has 0 aromatic heterocycles. The topological polar surface area (TPSA) is 51.2 Å². The third-order valence-electron chi connectivity index (χ3n) is 6.42. The number of rotatable bonds is 8. The molecule has 6 nitrogen and oxygen atoms in total. The predicted molar refractivity (Wildman–Crippen MR) is 125 cm³/mol. The number of alkyl halides is 2. The minimum Gasteiger partial charge on any atom is -0.493 e. The molecule has 172 valence electrons. The summed E-state index contributed by atoms with van der Waals surface area (Å²) in [5, 5.41) is 0. The van der Waals surface area contributed by atoms with Gasteiger partial charge in [0.15, 0.2) is 11.5 Å². The van der Waals surface area contributed by atoms with Gasteiger partial charge >= 0.3 is 6.87 Å². The fourth-order valence-electron chi connectivity index (χ4n) is 4.92. The van der Waals surface area contributed by atoms with Crippen LogP contribution in [0.15, 0.2) is 24.3 Å². The number of ether oxygens (including phenoxy) is 2. The van der Waals surface area contributed by atoms with Crippen LogP contribution in [0, 0.1) is 0 Å². The standard InChI is InChI=1S/C21H28Cl3N2O4P/c1-25-10-7-21-6-5-16(30-31(24,27)26(11-8-22)12-9-23)13-18(21)29-20-17(28-2)4-3-15(14-25)19(20)21/h3-6,16,18H,7-14H2,1-2H3/t16?,18-,21-,31?/m1/s1. The van der Waals surface area contributed by atoms with E-state index in [1.165, 1.54) is 15.8 Å². The van der Waals surface area contributed by atoms with Crippen molar-refractivity contribution in [1.29, 1.82) is 0 Å². The van der Waals surface area contributed by atoms with E-state index in [2.05, 4.69) is 24.1 Å². The lowest BCUT2D eigenvalue weighted by Gasteiger charge is -2.38. The molecule has 2 unspecified atom stereocenters. The first-order valence-electron chi connectivity index (χ1n) is 10.4. The van der Waals surface area contributed by atoms with Gasteiger partial charge in [0.05, 0.1) is 18.6 Å². The first-order chi connectivity index (χ1) is 14.8. The average molecular weight is 510 g/mol. The molecule has 3 aliphatic rings. The summed E-state index contributed by atoms with van der Waals surface area (Å²) in [5.41, 5.74) is 2.20. The van der Waals surface area contributed by atoms with Crippen molar-refractivity contribution in [3.63, 3.8) is 0 Å². The molecule has 1 aromatic rings. The molecule has 31 heavy (non-hydrogen) atoms. The summed E-state index contributed by atoms with van der Waals surface area (Å²) >= 11 is 18.1. The van der Waals surface area contributed by atoms with Crippen LogP contribution < -0.4 is 9.47 Å². The maximum absolute atomic E-state index is 13.1. The van der Waals surface area contributed by atoms with Crippen LogP contribution in [-0.4, -0.2) is 67.3 Å². The van der Waals surface area contributed by atoms with Crippen LogP contribution in [0.3, 0.4) is 0 Å². The first kappa shape index (κ1) is 23.7. The third kappa shape index (κ3) is 4.38. The lowest BCUT2D eigenvalue weighted by Crippen LogP contribution is -2.43. The quantitative estimate of drug-likeness (QED) is 0.279. The molecule has 1 aromatic carbocycles. The molecule has 0 saturated carbocycles. The Hall–Kier alpha value is -0.460. The fraction of sp³-hybridized carbons (Fsp3) is 0.619. The highest BCUT2D eigenvalue weighted by atomic mass is 35.7. The van der Waals surface area contributed by atoms with E-state index in [-0.39, 0.29) is 23.3 Å². The van der Waals surface area contributed by atoms with Crippen molar-refractivity contribution >= 4 is 41.3 Å². The molecule has 4 rings (SSSR count). The molecule has 1 aliphatic carbocycles. The number of halogens is 3. The molecule has 0 N–H and O–H groups in total. The Morgan fingerprint density at radius 3 is 2.74 bits per heavy atom. The molecule has 0 amide bonds. The second-order valence-electron chi connectivity index (χ2n) is 8.29. The Labute approximate surface area is 198 Å². The van der Waals surface area contributed by atoms with Crippen LogP contribution in [0.1, 0.15) is 24.0 Å². The Morgan fingerprint density at radius 2 is 2.06 bits per heavy atom. The number of hydrogen-bond acceptors (Lipinski definition) is 5. The highest BCUT2D eigenvalue weighted by Gasteiger charge is 2.53. The maximum Gasteiger partial charge on any atom is 0.363 e. The molecule has 1 spiro atoms. The molecule has 2 heterocycles. The molecule has 0 saturated heterocycles. The highest BCUT2D eigenvalue weighted by molar-refractivity contribution is 7.83. The minimum atomic E-state index is -3.58. The normalized spacial score (nSPS) is 29.1. The van der Waals surface area contributed by atoms with E-state index in [1.807, 2.05) is 12.1 Å². The lowest BCUT2D eigenvalue weighted by atomic mass is 9.69. The molecular weight excluding hydrogens is 482 g/mol. The van der Waals surface area contributed by atoms with Crippen molar-refractivity contribution in [2.75, 3.05) is 45.6 Å². The Morgan fingerprint density at radius 1 is 1.32 bits per heavy atom. The van der Waals surface area contributed by atoms with Gasteiger partial charge in [0.25, 0.3) is 0 Å². The summed E-state index contributed by atoms with van der Waals surface area (Å²) in [6.45, 7) is -1.09. The van der Waals surface area contributed by atoms with Crippen molar-refractivity contribution in [2.45, 2.75) is 37.0 Å². The number of nitrogens with zero attached hydrogens (tertiary/aromatic N) is 2. The van der Waals surface area contributed by atoms with Gasteiger partial charge in [-0.25, -0.2) is 4.67 Å². The summed E-state index contributed by atoms with van der Waals surface area (Å²) in [7, 11) is 3.79. The summed E-state index contributed by atoms with van der Waals surface area (Å²) < 4.78 is 32.7. The van der Waals surface area contributed by atoms with Gasteiger partial charge in [-0.2, -0.15) is 0 Å². The van der Waals surface area contributed by atoms with Crippen molar-refractivity contribution in [3.8, 4) is 11.5 Å². The van der Waals surface area contributed by atoms with E-state index in [1.54, 1.807) is 7.11 Å². The van der Waals surface area contributed by atoms with Gasteiger partial charge in [-0.3, -0.25) is 9.09 Å². The molecule has 0 bridgehead atoms. The largest absolute Gasteiger partial charge is 0.493 e. The SMILES string of the molecule is COc1ccc2c3c1O[C@@H]1CC(OP(=O)(Cl)N(CCCl)CCCl)C=C[C@]31CCN(C)C2. The summed E-state index contributed by atoms with van der Waals surface area (Å²) in [5.74, 6) is 2.13. The summed E-state index contributed by atoms with van der Waals surface area (Å²) in [6, 6.07) is 4.10. The van der Waals surface area contributed by atoms with E-state index in [0.29, 0.717) is 19.5 Å². The number of benzene rings is 1. The van der Waals surface area contributed by atoms with E-state index in [0.717, 1.165) is 31.0 Å². The van der Waals surface area contributed by atoms with Crippen LogP contribution in [-0.2, 0) is 21.0 Å². The van der Waals surface area contributed by atoms with Crippen molar-refractivity contribution in [1.82, 2.24) is 9.57 Å². The van der Waals surface area contributed by atoms with Crippen LogP contribution in [0.4, 0.5) is 0 Å². The van der Waals surface area contributed by atoms with E-state index >= 15 is 0 Å². The maximum atomic E-state index is 13.1. The van der Waals surface area contributed by atoms with E-state index < -0.39 is 13.0 Å². The van der Waals surface area contributed by atoms with Crippen molar-refractivity contribution in [2.24, 2.45) is 0 Å². The van der Waals surface area contributed by atoms with Gasteiger partial charge in [-0.05, 0) is 42.9 Å². The van der Waals surface area contributed by atoms with E-state index in [4.69, 9.17) is 48.4 Å². The molecule has 0 radical (unpaired) electrons. The van der Waals surface area contributed by atoms with Gasteiger partial charge in [-0.15, -0.1) is 23.2 Å². The molecule has 10 heteroatoms. The van der Waals surface area contributed by atoms with Crippen LogP contribution in [0.5, 0.6) is 11.5 Å². The van der Waals surface area contributed by atoms with Gasteiger partial charge in [0.1, 0.15) is 6.10 Å². The molecule has 4 atom stereocenters. The van der Waals surface area contributed by atoms with Gasteiger partial charge in [-0.1, -0.05) is 18.2 Å². The van der Waals surface area contributed by atoms with Gasteiger partial charge in [0.2, 0.25) is 0 Å². The average Bonchev–Trinajstić information content (AvgIpc) is 2.99. The van der Waals surface area contributed by atoms with Crippen molar-refractivity contribution < 1.29 is 18.6 Å². The summed E-state index contributed by atoms with van der Waals surface area (Å²) in [4.78, 5) is 2.33. The lowest BCUT2D eigenvalue weighted by molar-refractivity contribution is 0.0903. The smallest absolute Gasteiger partial charge is 0.363 e. The van der Waals surface area contributed by atoms with Crippen LogP contribution >= 0.6 is 41.3 Å². The molecular formula is C21H28Cl3N2O4P. The number of methoxy groups -OCH3 is 1. The van der Waals surface area contributed by atoms with Crippen LogP contribution in [0.2, 0.25) is 0 Å². The third-order valence-corrected chi connectivity index (χ3v) is 9.24. The Kier molecular flexibility index (Phi) is 7.20. The summed E-state index contributed by atoms with van der Waals surface area (Å²) in [6.07, 6.45) is 5.04. The molecule has 2 aliphatic heterocycles. The van der Waals surface area contributed by atoms with Crippen LogP contribution in [0.25, 0.3) is 0 Å². The highest BCUT2D eigenvalue weighted by Crippen LogP contribution is 2.60. The van der Waals surface area contributed by atoms with E-state index in [9.17, 15) is 4.57 Å². The Balaban J connectivity index is 1.64. The monoisotopic (exact) mass is 508 g/mol.